The molecule has 9 heteroatoms. The van der Waals surface area contributed by atoms with E-state index in [1.54, 1.807) is 19.9 Å². The molecular formula is C21H29N3O5S. The van der Waals surface area contributed by atoms with Crippen LogP contribution >= 0.6 is 0 Å². The summed E-state index contributed by atoms with van der Waals surface area (Å²) in [6.45, 7) is 4.99. The average Bonchev–Trinajstić information content (AvgIpc) is 2.76. The Labute approximate surface area is 178 Å². The number of hydrogen-bond donors (Lipinski definition) is 2. The van der Waals surface area contributed by atoms with E-state index in [0.29, 0.717) is 37.7 Å². The Hall–Kier alpha value is -2.78. The number of hydrogen-bond acceptors (Lipinski definition) is 6. The van der Waals surface area contributed by atoms with Gasteiger partial charge in [-0.2, -0.15) is 4.31 Å². The van der Waals surface area contributed by atoms with E-state index in [9.17, 15) is 13.2 Å². The lowest BCUT2D eigenvalue weighted by Gasteiger charge is -2.20. The van der Waals surface area contributed by atoms with E-state index in [2.05, 4.69) is 10.6 Å². The van der Waals surface area contributed by atoms with Crippen LogP contribution in [0.1, 0.15) is 13.8 Å². The summed E-state index contributed by atoms with van der Waals surface area (Å²) in [5.74, 6) is 0.945. The number of sulfonamides is 1. The number of carbonyl (C=O) groups is 1. The summed E-state index contributed by atoms with van der Waals surface area (Å²) in [6.07, 6.45) is 0. The molecule has 0 heterocycles. The van der Waals surface area contributed by atoms with E-state index in [-0.39, 0.29) is 17.3 Å². The van der Waals surface area contributed by atoms with E-state index >= 15 is 0 Å². The molecule has 0 aromatic heterocycles. The number of amides is 1. The van der Waals surface area contributed by atoms with Crippen molar-refractivity contribution >= 4 is 21.6 Å². The second kappa shape index (κ2) is 11.4. The summed E-state index contributed by atoms with van der Waals surface area (Å²) in [5, 5.41) is 5.70. The minimum absolute atomic E-state index is 0.0313. The summed E-state index contributed by atoms with van der Waals surface area (Å²) in [6, 6.07) is 13.9. The van der Waals surface area contributed by atoms with Gasteiger partial charge in [0.05, 0.1) is 30.8 Å². The zero-order chi connectivity index (χ0) is 22.0. The van der Waals surface area contributed by atoms with E-state index < -0.39 is 10.0 Å². The van der Waals surface area contributed by atoms with Crippen molar-refractivity contribution in [3.05, 3.63) is 48.5 Å². The highest BCUT2D eigenvalue weighted by molar-refractivity contribution is 7.89. The number of anilines is 1. The SMILES string of the molecule is CCN(CC)S(=O)(=O)c1ccc(OC)c(NCC(=O)NCCOc2ccccc2)c1. The highest BCUT2D eigenvalue weighted by atomic mass is 32.2. The molecule has 0 aliphatic heterocycles. The van der Waals surface area contributed by atoms with Crippen LogP contribution < -0.4 is 20.1 Å². The summed E-state index contributed by atoms with van der Waals surface area (Å²) < 4.78 is 37.7. The number of nitrogens with zero attached hydrogens (tertiary/aromatic N) is 1. The van der Waals surface area contributed by atoms with Crippen molar-refractivity contribution in [3.8, 4) is 11.5 Å². The van der Waals surface area contributed by atoms with Gasteiger partial charge in [-0.05, 0) is 30.3 Å². The topological polar surface area (TPSA) is 97.0 Å². The molecule has 1 amide bonds. The van der Waals surface area contributed by atoms with Crippen LogP contribution in [0.5, 0.6) is 11.5 Å². The van der Waals surface area contributed by atoms with Crippen molar-refractivity contribution in [2.45, 2.75) is 18.7 Å². The van der Waals surface area contributed by atoms with Crippen LogP contribution in [0.4, 0.5) is 5.69 Å². The fourth-order valence-electron chi connectivity index (χ4n) is 2.81. The Kier molecular flexibility index (Phi) is 8.94. The van der Waals surface area contributed by atoms with Gasteiger partial charge >= 0.3 is 0 Å². The number of ether oxygens (including phenoxy) is 2. The molecule has 8 nitrogen and oxygen atoms in total. The molecule has 0 aliphatic rings. The number of carbonyl (C=O) groups excluding carboxylic acids is 1. The van der Waals surface area contributed by atoms with Gasteiger partial charge in [0.2, 0.25) is 15.9 Å². The Balaban J connectivity index is 1.94. The molecule has 164 valence electrons. The van der Waals surface area contributed by atoms with Gasteiger partial charge < -0.3 is 20.1 Å². The predicted octanol–water partition coefficient (Wildman–Crippen LogP) is 2.33. The molecule has 2 N–H and O–H groups in total. The molecule has 30 heavy (non-hydrogen) atoms. The van der Waals surface area contributed by atoms with Gasteiger partial charge in [0.1, 0.15) is 18.1 Å². The minimum atomic E-state index is -3.61. The quantitative estimate of drug-likeness (QED) is 0.497. The van der Waals surface area contributed by atoms with Gasteiger partial charge in [-0.15, -0.1) is 0 Å². The maximum absolute atomic E-state index is 12.7. The zero-order valence-electron chi connectivity index (χ0n) is 17.6. The van der Waals surface area contributed by atoms with Crippen molar-refractivity contribution in [2.75, 3.05) is 45.2 Å². The van der Waals surface area contributed by atoms with Gasteiger partial charge in [-0.25, -0.2) is 8.42 Å². The predicted molar refractivity (Wildman–Crippen MR) is 117 cm³/mol. The largest absolute Gasteiger partial charge is 0.495 e. The molecule has 2 aromatic rings. The Morgan fingerprint density at radius 3 is 2.40 bits per heavy atom. The maximum atomic E-state index is 12.7. The average molecular weight is 436 g/mol. The molecule has 2 rings (SSSR count). The molecule has 0 spiro atoms. The fourth-order valence-corrected chi connectivity index (χ4v) is 4.30. The highest BCUT2D eigenvalue weighted by Gasteiger charge is 2.23. The number of benzene rings is 2. The minimum Gasteiger partial charge on any atom is -0.495 e. The fraction of sp³-hybridized carbons (Fsp3) is 0.381. The Bertz CT molecular complexity index is 915. The van der Waals surface area contributed by atoms with E-state index in [1.807, 2.05) is 30.3 Å². The van der Waals surface area contributed by atoms with Crippen LogP contribution in [0, 0.1) is 0 Å². The Morgan fingerprint density at radius 2 is 1.77 bits per heavy atom. The molecule has 0 unspecified atom stereocenters. The van der Waals surface area contributed by atoms with Crippen molar-refractivity contribution in [1.82, 2.24) is 9.62 Å². The second-order valence-corrected chi connectivity index (χ2v) is 8.25. The molecule has 0 radical (unpaired) electrons. The first-order valence-corrected chi connectivity index (χ1v) is 11.2. The summed E-state index contributed by atoms with van der Waals surface area (Å²) in [5.41, 5.74) is 0.432. The zero-order valence-corrected chi connectivity index (χ0v) is 18.4. The smallest absolute Gasteiger partial charge is 0.243 e. The van der Waals surface area contributed by atoms with Gasteiger partial charge in [0, 0.05) is 13.1 Å². The first-order chi connectivity index (χ1) is 14.4. The van der Waals surface area contributed by atoms with E-state index in [4.69, 9.17) is 9.47 Å². The Morgan fingerprint density at radius 1 is 1.07 bits per heavy atom. The summed E-state index contributed by atoms with van der Waals surface area (Å²) >= 11 is 0. The molecule has 0 atom stereocenters. The lowest BCUT2D eigenvalue weighted by molar-refractivity contribution is -0.119. The first kappa shape index (κ1) is 23.5. The van der Waals surface area contributed by atoms with Crippen molar-refractivity contribution < 1.29 is 22.7 Å². The van der Waals surface area contributed by atoms with E-state index in [1.165, 1.54) is 23.5 Å². The van der Waals surface area contributed by atoms with Crippen LogP contribution in [-0.2, 0) is 14.8 Å². The standard InChI is InChI=1S/C21H29N3O5S/c1-4-24(5-2)30(26,27)18-11-12-20(28-3)19(15-18)23-16-21(25)22-13-14-29-17-9-7-6-8-10-17/h6-12,15,23H,4-5,13-14,16H2,1-3H3,(H,22,25). The van der Waals surface area contributed by atoms with Gasteiger partial charge in [-0.1, -0.05) is 32.0 Å². The van der Waals surface area contributed by atoms with Crippen LogP contribution in [0.25, 0.3) is 0 Å². The van der Waals surface area contributed by atoms with Crippen LogP contribution in [-0.4, -0.2) is 58.5 Å². The third-order valence-corrected chi connectivity index (χ3v) is 6.44. The highest BCUT2D eigenvalue weighted by Crippen LogP contribution is 2.28. The molecule has 2 aromatic carbocycles. The second-order valence-electron chi connectivity index (χ2n) is 6.32. The molecule has 0 saturated heterocycles. The van der Waals surface area contributed by atoms with Crippen LogP contribution in [0.15, 0.2) is 53.4 Å². The lowest BCUT2D eigenvalue weighted by atomic mass is 10.3. The van der Waals surface area contributed by atoms with Crippen LogP contribution in [0.2, 0.25) is 0 Å². The molecular weight excluding hydrogens is 406 g/mol. The number of methoxy groups -OCH3 is 1. The maximum Gasteiger partial charge on any atom is 0.243 e. The summed E-state index contributed by atoms with van der Waals surface area (Å²) in [7, 11) is -2.12. The third-order valence-electron chi connectivity index (χ3n) is 4.39. The number of para-hydroxylation sites is 1. The van der Waals surface area contributed by atoms with Gasteiger partial charge in [-0.3, -0.25) is 4.79 Å². The number of rotatable bonds is 12. The summed E-state index contributed by atoms with van der Waals surface area (Å²) in [4.78, 5) is 12.3. The third kappa shape index (κ3) is 6.36. The molecule has 0 fully saturated rings. The first-order valence-electron chi connectivity index (χ1n) is 9.79. The molecule has 0 saturated carbocycles. The van der Waals surface area contributed by atoms with E-state index in [0.717, 1.165) is 5.75 Å². The van der Waals surface area contributed by atoms with Crippen molar-refractivity contribution in [2.24, 2.45) is 0 Å². The van der Waals surface area contributed by atoms with Gasteiger partial charge in [0.15, 0.2) is 0 Å². The van der Waals surface area contributed by atoms with Crippen molar-refractivity contribution in [3.63, 3.8) is 0 Å². The van der Waals surface area contributed by atoms with Gasteiger partial charge in [0.25, 0.3) is 0 Å². The normalized spacial score (nSPS) is 11.2. The van der Waals surface area contributed by atoms with Crippen LogP contribution in [0.3, 0.4) is 0 Å². The van der Waals surface area contributed by atoms with Crippen molar-refractivity contribution in [1.29, 1.82) is 0 Å². The molecule has 0 bridgehead atoms. The monoisotopic (exact) mass is 435 g/mol. The molecule has 0 aliphatic carbocycles. The number of nitrogens with one attached hydrogen (secondary N) is 2. The lowest BCUT2D eigenvalue weighted by Crippen LogP contribution is -2.33.